The van der Waals surface area contributed by atoms with Gasteiger partial charge in [-0.3, -0.25) is 14.5 Å². The van der Waals surface area contributed by atoms with Crippen molar-refractivity contribution in [2.45, 2.75) is 88.9 Å². The Hall–Kier alpha value is -3.84. The fourth-order valence-corrected chi connectivity index (χ4v) is 6.24. The van der Waals surface area contributed by atoms with Crippen LogP contribution < -0.4 is 10.6 Å². The van der Waals surface area contributed by atoms with Crippen LogP contribution in [-0.2, 0) is 41.7 Å². The molecule has 3 heterocycles. The summed E-state index contributed by atoms with van der Waals surface area (Å²) in [6.07, 6.45) is 1.99. The number of carbonyl (C=O) groups is 5. The third-order valence-electron chi connectivity index (χ3n) is 8.38. The molecule has 0 radical (unpaired) electrons. The summed E-state index contributed by atoms with van der Waals surface area (Å²) in [5.41, 5.74) is -0.600. The molecule has 5 rings (SSSR count). The average Bonchev–Trinajstić information content (AvgIpc) is 3.27. The van der Waals surface area contributed by atoms with Crippen molar-refractivity contribution in [3.05, 3.63) is 46.5 Å². The van der Waals surface area contributed by atoms with Crippen molar-refractivity contribution in [2.75, 3.05) is 19.8 Å². The highest BCUT2D eigenvalue weighted by molar-refractivity contribution is 6.31. The van der Waals surface area contributed by atoms with Crippen LogP contribution in [-0.4, -0.2) is 94.0 Å². The molecule has 1 aromatic carbocycles. The van der Waals surface area contributed by atoms with Crippen LogP contribution in [0.4, 0.5) is 9.59 Å². The summed E-state index contributed by atoms with van der Waals surface area (Å²) in [6, 6.07) is 3.15. The van der Waals surface area contributed by atoms with Crippen molar-refractivity contribution in [2.24, 2.45) is 5.92 Å². The third kappa shape index (κ3) is 7.36. The van der Waals surface area contributed by atoms with Crippen molar-refractivity contribution in [3.8, 4) is 0 Å². The molecule has 0 aromatic heterocycles. The zero-order valence-electron chi connectivity index (χ0n) is 25.5. The van der Waals surface area contributed by atoms with Crippen LogP contribution in [0.3, 0.4) is 0 Å². The Morgan fingerprint density at radius 3 is 2.67 bits per heavy atom. The average molecular weight is 647 g/mol. The quantitative estimate of drug-likeness (QED) is 0.419. The monoisotopic (exact) mass is 646 g/mol. The van der Waals surface area contributed by atoms with Crippen molar-refractivity contribution in [3.63, 3.8) is 0 Å². The Morgan fingerprint density at radius 2 is 1.96 bits per heavy atom. The van der Waals surface area contributed by atoms with Gasteiger partial charge in [-0.2, -0.15) is 0 Å². The second kappa shape index (κ2) is 12.9. The first kappa shape index (κ1) is 32.6. The van der Waals surface area contributed by atoms with E-state index in [-0.39, 0.29) is 39.0 Å². The summed E-state index contributed by atoms with van der Waals surface area (Å²) in [5.74, 6) is -2.88. The molecule has 1 aromatic rings. The van der Waals surface area contributed by atoms with Gasteiger partial charge in [-0.1, -0.05) is 35.9 Å². The number of ether oxygens (including phenoxy) is 3. The molecule has 1 saturated carbocycles. The van der Waals surface area contributed by atoms with Gasteiger partial charge in [0.2, 0.25) is 11.8 Å². The Bertz CT molecular complexity index is 1400. The van der Waals surface area contributed by atoms with Crippen LogP contribution in [0.15, 0.2) is 30.4 Å². The van der Waals surface area contributed by atoms with Crippen molar-refractivity contribution in [1.29, 1.82) is 0 Å². The van der Waals surface area contributed by atoms with E-state index in [1.165, 1.54) is 9.80 Å². The number of alkyl carbamates (subject to hydrolysis) is 1. The summed E-state index contributed by atoms with van der Waals surface area (Å²) in [7, 11) is 0. The zero-order chi connectivity index (χ0) is 32.5. The number of fused-ring (bicyclic) bond motifs is 3. The molecule has 0 unspecified atom stereocenters. The first-order valence-electron chi connectivity index (χ1n) is 15.1. The van der Waals surface area contributed by atoms with E-state index in [9.17, 15) is 29.1 Å². The first-order valence-corrected chi connectivity index (χ1v) is 15.5. The number of carbonyl (C=O) groups excluding carboxylic acids is 4. The lowest BCUT2D eigenvalue weighted by atomic mass is 10.1. The lowest BCUT2D eigenvalue weighted by Gasteiger charge is -2.30. The molecule has 3 aliphatic heterocycles. The molecule has 4 amide bonds. The molecule has 3 N–H and O–H groups in total. The van der Waals surface area contributed by atoms with Gasteiger partial charge < -0.3 is 34.9 Å². The zero-order valence-corrected chi connectivity index (χ0v) is 26.3. The predicted molar refractivity (Wildman–Crippen MR) is 160 cm³/mol. The van der Waals surface area contributed by atoms with E-state index in [2.05, 4.69) is 10.6 Å². The van der Waals surface area contributed by atoms with Crippen LogP contribution in [0.5, 0.6) is 0 Å². The second-order valence-corrected chi connectivity index (χ2v) is 13.3. The van der Waals surface area contributed by atoms with E-state index in [1.54, 1.807) is 39.0 Å². The smallest absolute Gasteiger partial charge is 0.410 e. The molecule has 2 fully saturated rings. The number of rotatable bonds is 3. The van der Waals surface area contributed by atoms with Crippen molar-refractivity contribution < 1.29 is 43.3 Å². The van der Waals surface area contributed by atoms with Gasteiger partial charge in [0.1, 0.15) is 29.3 Å². The number of benzene rings is 1. The molecule has 0 spiro atoms. The lowest BCUT2D eigenvalue weighted by molar-refractivity contribution is -0.145. The number of carboxylic acid groups (broad SMARTS) is 1. The largest absolute Gasteiger partial charge is 0.479 e. The first-order chi connectivity index (χ1) is 21.3. The number of halogens is 1. The van der Waals surface area contributed by atoms with E-state index in [0.717, 1.165) is 11.1 Å². The standard InChI is InChI=1S/C31H39ClN4O9/c1-30(2,3)45-28(41)33-23-10-12-43-11-5-4-8-19-14-31(19,27(39)40)34-25(37)24-13-20(16-36(24)26(23)38)44-29(42)35-15-18-7-6-9-22(32)21(18)17-35/h4,6-9,19-20,23-24H,5,10-17H2,1-3H3,(H,33,41)(H,34,37)(H,39,40)/b8-4-/t19-,20-,23+,24+,31-/m1/s1. The predicted octanol–water partition coefficient (Wildman–Crippen LogP) is 2.98. The summed E-state index contributed by atoms with van der Waals surface area (Å²) >= 11 is 6.31. The van der Waals surface area contributed by atoms with E-state index in [0.29, 0.717) is 24.6 Å². The number of nitrogens with one attached hydrogen (secondary N) is 2. The Balaban J connectivity index is 1.37. The fraction of sp³-hybridized carbons (Fsp3) is 0.581. The maximum absolute atomic E-state index is 14.0. The molecular weight excluding hydrogens is 608 g/mol. The molecule has 13 nitrogen and oxygen atoms in total. The molecule has 1 aliphatic carbocycles. The molecular formula is C31H39ClN4O9. The van der Waals surface area contributed by atoms with E-state index >= 15 is 0 Å². The molecule has 4 aliphatic rings. The number of nitrogens with zero attached hydrogens (tertiary/aromatic N) is 2. The van der Waals surface area contributed by atoms with Gasteiger partial charge in [0.15, 0.2) is 0 Å². The van der Waals surface area contributed by atoms with Crippen LogP contribution in [0.25, 0.3) is 0 Å². The van der Waals surface area contributed by atoms with Gasteiger partial charge in [-0.05, 0) is 50.8 Å². The number of hydrogen-bond donors (Lipinski definition) is 3. The molecule has 45 heavy (non-hydrogen) atoms. The molecule has 244 valence electrons. The maximum atomic E-state index is 14.0. The van der Waals surface area contributed by atoms with Crippen LogP contribution >= 0.6 is 11.6 Å². The van der Waals surface area contributed by atoms with Gasteiger partial charge in [0.25, 0.3) is 0 Å². The van der Waals surface area contributed by atoms with Gasteiger partial charge in [-0.15, -0.1) is 0 Å². The number of amides is 4. The SMILES string of the molecule is CC(C)(C)OC(=O)N[C@H]1CCOCC/C=C\[C@@H]2C[C@@]2(C(=O)O)NC(=O)[C@@H]2C[C@@H](OC(=O)N3Cc4cccc(Cl)c4C3)CN2C1=O. The van der Waals surface area contributed by atoms with Crippen molar-refractivity contribution >= 4 is 41.6 Å². The number of carboxylic acids is 1. The number of hydrogen-bond acceptors (Lipinski definition) is 8. The molecule has 14 heteroatoms. The highest BCUT2D eigenvalue weighted by Gasteiger charge is 2.61. The van der Waals surface area contributed by atoms with Crippen LogP contribution in [0.1, 0.15) is 57.6 Å². The van der Waals surface area contributed by atoms with Crippen molar-refractivity contribution in [1.82, 2.24) is 20.4 Å². The van der Waals surface area contributed by atoms with Crippen LogP contribution in [0, 0.1) is 5.92 Å². The lowest BCUT2D eigenvalue weighted by Crippen LogP contribution is -2.56. The fourth-order valence-electron chi connectivity index (χ4n) is 5.99. The van der Waals surface area contributed by atoms with E-state index in [1.807, 2.05) is 12.1 Å². The minimum atomic E-state index is -1.51. The van der Waals surface area contributed by atoms with Gasteiger partial charge in [0.05, 0.1) is 19.7 Å². The van der Waals surface area contributed by atoms with E-state index < -0.39 is 65.2 Å². The minimum absolute atomic E-state index is 0.0588. The minimum Gasteiger partial charge on any atom is -0.479 e. The highest BCUT2D eigenvalue weighted by Crippen LogP contribution is 2.45. The normalized spacial score (nSPS) is 29.2. The van der Waals surface area contributed by atoms with Gasteiger partial charge >= 0.3 is 18.2 Å². The third-order valence-corrected chi connectivity index (χ3v) is 8.73. The highest BCUT2D eigenvalue weighted by atomic mass is 35.5. The topological polar surface area (TPSA) is 164 Å². The summed E-state index contributed by atoms with van der Waals surface area (Å²) in [6.45, 7) is 5.94. The van der Waals surface area contributed by atoms with Gasteiger partial charge in [0, 0.05) is 36.9 Å². The molecule has 0 bridgehead atoms. The molecule has 1 saturated heterocycles. The molecule has 5 atom stereocenters. The van der Waals surface area contributed by atoms with Crippen LogP contribution in [0.2, 0.25) is 5.02 Å². The van der Waals surface area contributed by atoms with E-state index in [4.69, 9.17) is 25.8 Å². The summed E-state index contributed by atoms with van der Waals surface area (Å²) in [4.78, 5) is 68.7. The second-order valence-electron chi connectivity index (χ2n) is 12.9. The summed E-state index contributed by atoms with van der Waals surface area (Å²) < 4.78 is 16.9. The Morgan fingerprint density at radius 1 is 1.18 bits per heavy atom. The van der Waals surface area contributed by atoms with Gasteiger partial charge in [-0.25, -0.2) is 14.4 Å². The Labute approximate surface area is 266 Å². The summed E-state index contributed by atoms with van der Waals surface area (Å²) in [5, 5.41) is 15.8. The Kier molecular flexibility index (Phi) is 9.31. The maximum Gasteiger partial charge on any atom is 0.410 e. The number of aliphatic carboxylic acids is 1.